The van der Waals surface area contributed by atoms with Gasteiger partial charge in [0.25, 0.3) is 5.91 Å². The average molecular weight is 622 g/mol. The number of aliphatic hydroxyl groups is 1. The van der Waals surface area contributed by atoms with Crippen molar-refractivity contribution >= 4 is 12.0 Å². The Hall–Kier alpha value is -3.40. The number of amides is 1. The van der Waals surface area contributed by atoms with Crippen LogP contribution in [0, 0.1) is 11.3 Å². The molecule has 2 N–H and O–H groups in total. The van der Waals surface area contributed by atoms with E-state index in [9.17, 15) is 23.1 Å². The molecule has 45 heavy (non-hydrogen) atoms. The highest BCUT2D eigenvalue weighted by molar-refractivity contribution is 5.96. The molecule has 1 saturated carbocycles. The van der Waals surface area contributed by atoms with E-state index in [1.54, 1.807) is 36.4 Å². The molecule has 3 fully saturated rings. The zero-order chi connectivity index (χ0) is 31.6. The lowest BCUT2D eigenvalue weighted by Gasteiger charge is -2.62. The maximum absolute atomic E-state index is 13.5. The van der Waals surface area contributed by atoms with Gasteiger partial charge in [0.1, 0.15) is 6.10 Å². The smallest absolute Gasteiger partial charge is 0.400 e. The predicted octanol–water partition coefficient (Wildman–Crippen LogP) is 6.04. The number of allylic oxidation sites excluding steroid dienone is 1. The molecular weight excluding hydrogens is 581 g/mol. The van der Waals surface area contributed by atoms with Crippen LogP contribution in [-0.2, 0) is 20.7 Å². The van der Waals surface area contributed by atoms with Crippen LogP contribution >= 0.6 is 0 Å². The number of quaternary nitrogens is 1. The molecule has 2 aromatic rings. The van der Waals surface area contributed by atoms with E-state index < -0.39 is 29.9 Å². The molecule has 7 atom stereocenters. The first-order valence-electron chi connectivity index (χ1n) is 16.0. The molecule has 0 radical (unpaired) electrons. The fourth-order valence-electron chi connectivity index (χ4n) is 9.30. The Balaban J connectivity index is 1.21. The number of carbonyl (C=O) groups excluding carboxylic acids is 1. The molecule has 6 nitrogen and oxygen atoms in total. The molecule has 2 saturated heterocycles. The molecule has 2 aromatic carbocycles. The van der Waals surface area contributed by atoms with E-state index in [-0.39, 0.29) is 11.5 Å². The van der Waals surface area contributed by atoms with Crippen molar-refractivity contribution < 1.29 is 37.0 Å². The molecule has 2 heterocycles. The third-order valence-corrected chi connectivity index (χ3v) is 11.2. The number of hydrogen-bond donors (Lipinski definition) is 2. The van der Waals surface area contributed by atoms with Gasteiger partial charge >= 0.3 is 6.36 Å². The summed E-state index contributed by atoms with van der Waals surface area (Å²) in [6.45, 7) is 3.95. The maximum Gasteiger partial charge on any atom is 0.573 e. The van der Waals surface area contributed by atoms with Crippen LogP contribution in [0.4, 0.5) is 13.2 Å². The van der Waals surface area contributed by atoms with Gasteiger partial charge in [0, 0.05) is 30.6 Å². The molecule has 0 aromatic heterocycles. The standard InChI is InChI=1S/C36H39F3N2O4/c1-23-22-35(43,40-33(42)29(45-36(37,38)39)20-25-12-7-4-8-13-25)32-31-26(23)21-28-27-14-9-15-30(44-32)34(27,31)17-19-41(28,2)18-16-24-10-5-3-6-11-24/h3-8,10-13,20,22,27-28,30,32,43H,9,14-19,21H2,1-2H3/p+1/t27-,28+,30-,32?,34+,35?,41?/m0/s1. The normalized spacial score (nSPS) is 35.4. The molecule has 1 amide bonds. The van der Waals surface area contributed by atoms with E-state index >= 15 is 0 Å². The number of alkyl halides is 3. The van der Waals surface area contributed by atoms with E-state index in [1.165, 1.54) is 11.1 Å². The Morgan fingerprint density at radius 1 is 1.13 bits per heavy atom. The van der Waals surface area contributed by atoms with Crippen molar-refractivity contribution in [2.75, 3.05) is 20.1 Å². The van der Waals surface area contributed by atoms with Crippen LogP contribution in [0.25, 0.3) is 6.08 Å². The van der Waals surface area contributed by atoms with Gasteiger partial charge in [-0.2, -0.15) is 0 Å². The number of carbonyl (C=O) groups is 1. The summed E-state index contributed by atoms with van der Waals surface area (Å²) in [5.41, 5.74) is 2.48. The summed E-state index contributed by atoms with van der Waals surface area (Å²) in [7, 11) is 2.39. The number of halogens is 3. The van der Waals surface area contributed by atoms with Gasteiger partial charge in [-0.3, -0.25) is 4.79 Å². The highest BCUT2D eigenvalue weighted by atomic mass is 19.4. The first-order valence-corrected chi connectivity index (χ1v) is 16.0. The van der Waals surface area contributed by atoms with Gasteiger partial charge in [-0.05, 0) is 59.8 Å². The summed E-state index contributed by atoms with van der Waals surface area (Å²) < 4.78 is 52.2. The fourth-order valence-corrected chi connectivity index (χ4v) is 9.30. The SMILES string of the molecule is CC1=CC(O)(NC(=O)C(=Cc2ccccc2)OC(F)(F)F)C2O[C@H]3CCC[C@H]4[C@H]5CC1=C2[C@@]34CC[N+]5(C)CCc1ccccc1. The van der Waals surface area contributed by atoms with E-state index in [0.29, 0.717) is 17.5 Å². The first kappa shape index (κ1) is 30.3. The third kappa shape index (κ3) is 5.13. The van der Waals surface area contributed by atoms with Crippen LogP contribution in [0.2, 0.25) is 0 Å². The molecule has 3 aliphatic carbocycles. The lowest BCUT2D eigenvalue weighted by Crippen LogP contribution is -2.69. The number of rotatable bonds is 7. The quantitative estimate of drug-likeness (QED) is 0.171. The second-order valence-electron chi connectivity index (χ2n) is 13.7. The largest absolute Gasteiger partial charge is 0.573 e. The van der Waals surface area contributed by atoms with Crippen molar-refractivity contribution in [2.24, 2.45) is 11.3 Å². The van der Waals surface area contributed by atoms with Crippen LogP contribution in [0.5, 0.6) is 0 Å². The van der Waals surface area contributed by atoms with Gasteiger partial charge in [-0.25, -0.2) is 0 Å². The lowest BCUT2D eigenvalue weighted by molar-refractivity contribution is -0.945. The van der Waals surface area contributed by atoms with E-state index in [4.69, 9.17) is 4.74 Å². The summed E-state index contributed by atoms with van der Waals surface area (Å²) in [6, 6.07) is 19.2. The summed E-state index contributed by atoms with van der Waals surface area (Å²) in [5, 5.41) is 14.7. The Labute approximate surface area is 261 Å². The Morgan fingerprint density at radius 2 is 1.84 bits per heavy atom. The van der Waals surface area contributed by atoms with Gasteiger partial charge in [-0.1, -0.05) is 67.1 Å². The highest BCUT2D eigenvalue weighted by Crippen LogP contribution is 2.67. The second-order valence-corrected chi connectivity index (χ2v) is 13.7. The third-order valence-electron chi connectivity index (χ3n) is 11.2. The van der Waals surface area contributed by atoms with E-state index in [0.717, 1.165) is 73.3 Å². The topological polar surface area (TPSA) is 67.8 Å². The Morgan fingerprint density at radius 3 is 2.56 bits per heavy atom. The number of likely N-dealkylation sites (N-methyl/N-ethyl adjacent to an activating group) is 1. The van der Waals surface area contributed by atoms with Crippen LogP contribution in [0.15, 0.2) is 89.2 Å². The summed E-state index contributed by atoms with van der Waals surface area (Å²) >= 11 is 0. The molecule has 1 spiro atoms. The van der Waals surface area contributed by atoms with Gasteiger partial charge in [0.15, 0.2) is 11.5 Å². The number of nitrogens with one attached hydrogen (secondary N) is 1. The van der Waals surface area contributed by atoms with E-state index in [1.807, 2.05) is 13.0 Å². The fraction of sp³-hybridized carbons (Fsp3) is 0.472. The molecule has 2 bridgehead atoms. The average Bonchev–Trinajstić information content (AvgIpc) is 3.35. The van der Waals surface area contributed by atoms with Crippen molar-refractivity contribution in [3.05, 3.63) is 100 Å². The number of piperidine rings is 1. The van der Waals surface area contributed by atoms with Crippen molar-refractivity contribution in [3.63, 3.8) is 0 Å². The summed E-state index contributed by atoms with van der Waals surface area (Å²) in [6.07, 6.45) is 2.21. The minimum absolute atomic E-state index is 0.120. The van der Waals surface area contributed by atoms with Crippen molar-refractivity contribution in [2.45, 2.75) is 75.8 Å². The minimum Gasteiger partial charge on any atom is -0.400 e. The van der Waals surface area contributed by atoms with Crippen LogP contribution in [-0.4, -0.2) is 66.0 Å². The zero-order valence-corrected chi connectivity index (χ0v) is 25.6. The van der Waals surface area contributed by atoms with Crippen LogP contribution < -0.4 is 5.32 Å². The molecular formula is C36H40F3N2O4+. The maximum atomic E-state index is 13.5. The van der Waals surface area contributed by atoms with Crippen molar-refractivity contribution in [1.29, 1.82) is 0 Å². The van der Waals surface area contributed by atoms with E-state index in [2.05, 4.69) is 41.4 Å². The molecule has 3 unspecified atom stereocenters. The Bertz CT molecular complexity index is 1570. The van der Waals surface area contributed by atoms with Crippen LogP contribution in [0.1, 0.15) is 50.2 Å². The van der Waals surface area contributed by atoms with Gasteiger partial charge < -0.3 is 24.4 Å². The minimum atomic E-state index is -5.09. The monoisotopic (exact) mass is 621 g/mol. The zero-order valence-electron chi connectivity index (χ0n) is 25.6. The Kier molecular flexibility index (Phi) is 7.30. The number of nitrogens with zero attached hydrogens (tertiary/aromatic N) is 1. The van der Waals surface area contributed by atoms with Crippen molar-refractivity contribution in [3.8, 4) is 0 Å². The molecule has 238 valence electrons. The number of benzene rings is 2. The molecule has 7 rings (SSSR count). The second kappa shape index (κ2) is 10.9. The molecule has 5 aliphatic rings. The first-order chi connectivity index (χ1) is 21.4. The van der Waals surface area contributed by atoms with Gasteiger partial charge in [0.2, 0.25) is 0 Å². The molecule has 9 heteroatoms. The summed E-state index contributed by atoms with van der Waals surface area (Å²) in [5.74, 6) is -1.75. The van der Waals surface area contributed by atoms with Gasteiger partial charge in [0.05, 0.1) is 32.3 Å². The number of ether oxygens (including phenoxy) is 2. The van der Waals surface area contributed by atoms with Crippen LogP contribution in [0.3, 0.4) is 0 Å². The lowest BCUT2D eigenvalue weighted by atomic mass is 9.49. The molecule has 2 aliphatic heterocycles. The predicted molar refractivity (Wildman–Crippen MR) is 163 cm³/mol. The van der Waals surface area contributed by atoms with Crippen molar-refractivity contribution in [1.82, 2.24) is 5.32 Å². The van der Waals surface area contributed by atoms with Gasteiger partial charge in [-0.15, -0.1) is 13.2 Å². The number of hydrogen-bond acceptors (Lipinski definition) is 4. The summed E-state index contributed by atoms with van der Waals surface area (Å²) in [4.78, 5) is 13.5. The highest BCUT2D eigenvalue weighted by Gasteiger charge is 2.71. The number of likely N-dealkylation sites (tertiary alicyclic amines) is 1.